The number of aromatic nitrogens is 1. The van der Waals surface area contributed by atoms with Crippen molar-refractivity contribution in [1.29, 1.82) is 0 Å². The van der Waals surface area contributed by atoms with E-state index in [2.05, 4.69) is 43.6 Å². The van der Waals surface area contributed by atoms with Crippen LogP contribution in [0.4, 0.5) is 0 Å². The molecule has 1 unspecified atom stereocenters. The van der Waals surface area contributed by atoms with Crippen LogP contribution in [0, 0.1) is 5.92 Å². The fraction of sp³-hybridized carbons (Fsp3) is 0.423. The van der Waals surface area contributed by atoms with Gasteiger partial charge in [0.15, 0.2) is 8.24 Å². The average molecular weight is 498 g/mol. The molecule has 8 heteroatoms. The summed E-state index contributed by atoms with van der Waals surface area (Å²) in [7, 11) is -3.25. The van der Waals surface area contributed by atoms with Gasteiger partial charge in [-0.25, -0.2) is 8.93 Å². The van der Waals surface area contributed by atoms with Crippen LogP contribution < -0.4 is 14.2 Å². The number of methoxy groups -OCH3 is 1. The molecule has 2 aromatic carbocycles. The summed E-state index contributed by atoms with van der Waals surface area (Å²) in [6, 6.07) is 15.0. The molecule has 0 amide bonds. The highest BCUT2D eigenvalue weighted by atomic mass is 32.2. The predicted molar refractivity (Wildman–Crippen MR) is 142 cm³/mol. The lowest BCUT2D eigenvalue weighted by molar-refractivity contribution is 0.415. The topological polar surface area (TPSA) is 72.8 Å². The second-order valence-corrected chi connectivity index (χ2v) is 17.6. The Bertz CT molecular complexity index is 1290. The molecule has 4 rings (SSSR count). The number of nitrogens with zero attached hydrogens (tertiary/aromatic N) is 2. The SMILES string of the molecule is COc1ccc2c(Oc3ccc(S(=O)(=N[Si](C)(C)C(C)(C)C)NCC4CC4)cc3)ccnc2c1. The summed E-state index contributed by atoms with van der Waals surface area (Å²) >= 11 is 0. The summed E-state index contributed by atoms with van der Waals surface area (Å²) in [5, 5.41) is 0.903. The highest BCUT2D eigenvalue weighted by Crippen LogP contribution is 2.39. The van der Waals surface area contributed by atoms with Crippen molar-refractivity contribution >= 4 is 29.1 Å². The second-order valence-electron chi connectivity index (χ2n) is 10.5. The highest BCUT2D eigenvalue weighted by molar-refractivity contribution is 7.92. The van der Waals surface area contributed by atoms with Gasteiger partial charge in [0.2, 0.25) is 0 Å². The second kappa shape index (κ2) is 9.32. The first-order chi connectivity index (χ1) is 16.0. The lowest BCUT2D eigenvalue weighted by Crippen LogP contribution is -2.39. The number of nitrogens with one attached hydrogen (secondary N) is 1. The summed E-state index contributed by atoms with van der Waals surface area (Å²) in [5.74, 6) is 2.74. The average Bonchev–Trinajstić information content (AvgIpc) is 3.62. The van der Waals surface area contributed by atoms with Crippen LogP contribution >= 0.6 is 0 Å². The van der Waals surface area contributed by atoms with Crippen LogP contribution in [-0.2, 0) is 9.92 Å². The van der Waals surface area contributed by atoms with E-state index in [-0.39, 0.29) is 5.04 Å². The normalized spacial score (nSPS) is 16.2. The molecular weight excluding hydrogens is 462 g/mol. The Hall–Kier alpha value is -2.42. The molecule has 1 N–H and O–H groups in total. The van der Waals surface area contributed by atoms with E-state index in [0.717, 1.165) is 23.2 Å². The van der Waals surface area contributed by atoms with E-state index in [1.807, 2.05) is 48.5 Å². The molecule has 1 fully saturated rings. The Morgan fingerprint density at radius 1 is 1.09 bits per heavy atom. The monoisotopic (exact) mass is 497 g/mol. The number of hydrogen-bond donors (Lipinski definition) is 1. The van der Waals surface area contributed by atoms with Crippen molar-refractivity contribution in [2.24, 2.45) is 9.95 Å². The van der Waals surface area contributed by atoms with Gasteiger partial charge in [0, 0.05) is 24.2 Å². The fourth-order valence-corrected chi connectivity index (χ4v) is 8.80. The van der Waals surface area contributed by atoms with E-state index < -0.39 is 18.2 Å². The van der Waals surface area contributed by atoms with E-state index in [1.54, 1.807) is 13.3 Å². The molecule has 0 spiro atoms. The Balaban J connectivity index is 1.64. The van der Waals surface area contributed by atoms with Gasteiger partial charge in [0.1, 0.15) is 27.2 Å². The number of benzene rings is 2. The van der Waals surface area contributed by atoms with Gasteiger partial charge in [-0.05, 0) is 79.4 Å². The summed E-state index contributed by atoms with van der Waals surface area (Å²) < 4.78 is 34.1. The van der Waals surface area contributed by atoms with Crippen molar-refractivity contribution in [3.63, 3.8) is 0 Å². The van der Waals surface area contributed by atoms with Crippen molar-refractivity contribution in [3.8, 4) is 17.2 Å². The molecule has 1 aliphatic rings. The molecule has 34 heavy (non-hydrogen) atoms. The van der Waals surface area contributed by atoms with E-state index in [9.17, 15) is 4.21 Å². The molecule has 1 atom stereocenters. The van der Waals surface area contributed by atoms with Gasteiger partial charge in [-0.15, -0.1) is 0 Å². The van der Waals surface area contributed by atoms with Crippen LogP contribution in [0.15, 0.2) is 63.7 Å². The Morgan fingerprint density at radius 2 is 1.76 bits per heavy atom. The number of pyridine rings is 1. The molecule has 3 aromatic rings. The first-order valence-electron chi connectivity index (χ1n) is 11.7. The third-order valence-corrected chi connectivity index (χ3v) is 14.7. The summed E-state index contributed by atoms with van der Waals surface area (Å²) in [4.78, 5) is 5.12. The van der Waals surface area contributed by atoms with Crippen molar-refractivity contribution in [2.75, 3.05) is 13.7 Å². The van der Waals surface area contributed by atoms with Gasteiger partial charge in [-0.2, -0.15) is 0 Å². The lowest BCUT2D eigenvalue weighted by atomic mass is 10.2. The van der Waals surface area contributed by atoms with Crippen LogP contribution in [-0.4, -0.2) is 31.1 Å². The van der Waals surface area contributed by atoms with Gasteiger partial charge in [-0.3, -0.25) is 9.01 Å². The summed E-state index contributed by atoms with van der Waals surface area (Å²) in [6.45, 7) is 11.7. The zero-order valence-corrected chi connectivity index (χ0v) is 22.7. The van der Waals surface area contributed by atoms with Gasteiger partial charge >= 0.3 is 0 Å². The van der Waals surface area contributed by atoms with Crippen molar-refractivity contribution < 1.29 is 13.7 Å². The van der Waals surface area contributed by atoms with E-state index in [1.165, 1.54) is 12.8 Å². The molecule has 182 valence electrons. The maximum atomic E-state index is 14.2. The van der Waals surface area contributed by atoms with E-state index >= 15 is 0 Å². The van der Waals surface area contributed by atoms with Gasteiger partial charge in [-0.1, -0.05) is 20.8 Å². The molecule has 1 saturated carbocycles. The smallest absolute Gasteiger partial charge is 0.195 e. The number of hydrogen-bond acceptors (Lipinski definition) is 5. The van der Waals surface area contributed by atoms with Gasteiger partial charge < -0.3 is 9.47 Å². The van der Waals surface area contributed by atoms with Crippen LogP contribution in [0.1, 0.15) is 33.6 Å². The third-order valence-electron chi connectivity index (χ3n) is 6.74. The van der Waals surface area contributed by atoms with Crippen LogP contribution in [0.2, 0.25) is 18.1 Å². The van der Waals surface area contributed by atoms with Crippen molar-refractivity contribution in [1.82, 2.24) is 9.71 Å². The fourth-order valence-electron chi connectivity index (χ4n) is 3.32. The largest absolute Gasteiger partial charge is 0.497 e. The van der Waals surface area contributed by atoms with Crippen molar-refractivity contribution in [2.45, 2.75) is 56.6 Å². The molecule has 1 heterocycles. The first-order valence-corrected chi connectivity index (χ1v) is 16.2. The number of fused-ring (bicyclic) bond motifs is 1. The minimum atomic E-state index is -2.74. The molecule has 0 radical (unpaired) electrons. The Morgan fingerprint density at radius 3 is 2.38 bits per heavy atom. The molecule has 0 aliphatic heterocycles. The standard InChI is InChI=1S/C26H35N3O3SSi/c1-26(2,3)34(5,6)29-33(30,28-18-19-7-8-19)22-12-9-20(10-13-22)32-25-15-16-27-24-17-21(31-4)11-14-23(24)25/h9-17,19H,7-8,18H2,1-6H3,(H,28,29,30). The Labute approximate surface area is 204 Å². The molecule has 1 aliphatic carbocycles. The minimum Gasteiger partial charge on any atom is -0.497 e. The third kappa shape index (κ3) is 5.45. The summed E-state index contributed by atoms with van der Waals surface area (Å²) in [5.41, 5.74) is 0.800. The Kier molecular flexibility index (Phi) is 6.77. The molecular formula is C26H35N3O3SSi. The zero-order chi connectivity index (χ0) is 24.6. The molecule has 1 aromatic heterocycles. The number of ether oxygens (including phenoxy) is 2. The van der Waals surface area contributed by atoms with E-state index in [0.29, 0.717) is 22.3 Å². The van der Waals surface area contributed by atoms with E-state index in [4.69, 9.17) is 13.5 Å². The quantitative estimate of drug-likeness (QED) is 0.348. The molecule has 6 nitrogen and oxygen atoms in total. The molecule has 0 bridgehead atoms. The van der Waals surface area contributed by atoms with Crippen molar-refractivity contribution in [3.05, 3.63) is 54.7 Å². The highest BCUT2D eigenvalue weighted by Gasteiger charge is 2.38. The van der Waals surface area contributed by atoms with Crippen LogP contribution in [0.5, 0.6) is 17.2 Å². The maximum Gasteiger partial charge on any atom is 0.195 e. The summed E-state index contributed by atoms with van der Waals surface area (Å²) in [6.07, 6.45) is 4.11. The van der Waals surface area contributed by atoms with Gasteiger partial charge in [0.25, 0.3) is 0 Å². The number of rotatable bonds is 8. The predicted octanol–water partition coefficient (Wildman–Crippen LogP) is 6.78. The first kappa shape index (κ1) is 24.7. The molecule has 0 saturated heterocycles. The lowest BCUT2D eigenvalue weighted by Gasteiger charge is -2.33. The zero-order valence-electron chi connectivity index (χ0n) is 20.9. The minimum absolute atomic E-state index is 0.00501. The van der Waals surface area contributed by atoms with Crippen LogP contribution in [0.25, 0.3) is 10.9 Å². The van der Waals surface area contributed by atoms with Gasteiger partial charge in [0.05, 0.1) is 17.5 Å². The maximum absolute atomic E-state index is 14.2. The van der Waals surface area contributed by atoms with Crippen LogP contribution in [0.3, 0.4) is 0 Å².